The van der Waals surface area contributed by atoms with E-state index >= 15 is 0 Å². The average molecular weight is 167 g/mol. The fraction of sp³-hybridized carbons (Fsp3) is 0.833. The molecule has 0 aliphatic heterocycles. The van der Waals surface area contributed by atoms with Gasteiger partial charge in [0.15, 0.2) is 0 Å². The zero-order valence-electron chi connectivity index (χ0n) is 4.94. The lowest BCUT2D eigenvalue weighted by Gasteiger charge is -2.08. The van der Waals surface area contributed by atoms with Gasteiger partial charge >= 0.3 is 0 Å². The van der Waals surface area contributed by atoms with Crippen LogP contribution in [0.25, 0.3) is 0 Å². The van der Waals surface area contributed by atoms with Crippen LogP contribution in [0.1, 0.15) is 19.3 Å². The number of alkyl halides is 2. The van der Waals surface area contributed by atoms with Crippen LogP contribution in [0.2, 0.25) is 0 Å². The number of hydrogen-bond acceptors (Lipinski definition) is 1. The van der Waals surface area contributed by atoms with Crippen molar-refractivity contribution in [2.75, 3.05) is 0 Å². The van der Waals surface area contributed by atoms with Gasteiger partial charge in [-0.05, 0) is 19.3 Å². The third-order valence-electron chi connectivity index (χ3n) is 1.63. The normalized spacial score (nSPS) is 32.4. The molecule has 0 N–H and O–H groups in total. The molecule has 0 radical (unpaired) electrons. The Hall–Kier alpha value is 0.250. The predicted molar refractivity (Wildman–Crippen MR) is 37.8 cm³/mol. The molecule has 3 heteroatoms. The highest BCUT2D eigenvalue weighted by Gasteiger charge is 2.34. The molecular formula is C6H8Cl2O. The van der Waals surface area contributed by atoms with E-state index in [0.29, 0.717) is 6.42 Å². The van der Waals surface area contributed by atoms with Gasteiger partial charge in [0.2, 0.25) is 0 Å². The van der Waals surface area contributed by atoms with E-state index in [0.717, 1.165) is 19.1 Å². The number of carbonyl (C=O) groups excluding carboxylic acids is 1. The molecule has 9 heavy (non-hydrogen) atoms. The number of hydrogen-bond donors (Lipinski definition) is 0. The van der Waals surface area contributed by atoms with E-state index < -0.39 is 4.33 Å². The number of aldehydes is 1. The van der Waals surface area contributed by atoms with Crippen LogP contribution >= 0.6 is 23.2 Å². The topological polar surface area (TPSA) is 17.1 Å². The molecule has 1 fully saturated rings. The summed E-state index contributed by atoms with van der Waals surface area (Å²) >= 11 is 11.5. The Morgan fingerprint density at radius 1 is 1.56 bits per heavy atom. The number of rotatable bonds is 1. The lowest BCUT2D eigenvalue weighted by Crippen LogP contribution is -2.06. The van der Waals surface area contributed by atoms with Gasteiger partial charge in [-0.15, -0.1) is 23.2 Å². The van der Waals surface area contributed by atoms with Crippen molar-refractivity contribution in [2.45, 2.75) is 23.6 Å². The van der Waals surface area contributed by atoms with E-state index in [1.54, 1.807) is 0 Å². The minimum absolute atomic E-state index is 0.0972. The van der Waals surface area contributed by atoms with E-state index in [1.165, 1.54) is 0 Å². The zero-order chi connectivity index (χ0) is 6.91. The maximum absolute atomic E-state index is 10.2. The third-order valence-corrected chi connectivity index (χ3v) is 2.32. The van der Waals surface area contributed by atoms with Crippen LogP contribution in [0.3, 0.4) is 0 Å². The molecule has 0 bridgehead atoms. The number of halogens is 2. The molecular weight excluding hydrogens is 159 g/mol. The van der Waals surface area contributed by atoms with Crippen LogP contribution in [0, 0.1) is 5.92 Å². The Kier molecular flexibility index (Phi) is 2.02. The third kappa shape index (κ3) is 1.84. The van der Waals surface area contributed by atoms with Gasteiger partial charge in [0.05, 0.1) is 0 Å². The van der Waals surface area contributed by atoms with E-state index in [2.05, 4.69) is 0 Å². The molecule has 1 nitrogen and oxygen atoms in total. The van der Waals surface area contributed by atoms with Crippen LogP contribution in [0.15, 0.2) is 0 Å². The van der Waals surface area contributed by atoms with Gasteiger partial charge in [-0.2, -0.15) is 0 Å². The van der Waals surface area contributed by atoms with E-state index in [4.69, 9.17) is 23.2 Å². The van der Waals surface area contributed by atoms with Crippen LogP contribution < -0.4 is 0 Å². The highest BCUT2D eigenvalue weighted by atomic mass is 35.5. The molecule has 1 saturated carbocycles. The predicted octanol–water partition coefficient (Wildman–Crippen LogP) is 2.16. The van der Waals surface area contributed by atoms with Gasteiger partial charge in [0.25, 0.3) is 0 Å². The van der Waals surface area contributed by atoms with Gasteiger partial charge < -0.3 is 4.79 Å². The minimum Gasteiger partial charge on any atom is -0.303 e. The average Bonchev–Trinajstić information content (AvgIpc) is 2.10. The summed E-state index contributed by atoms with van der Waals surface area (Å²) < 4.78 is -0.619. The second kappa shape index (κ2) is 2.47. The molecule has 1 aliphatic carbocycles. The van der Waals surface area contributed by atoms with E-state index in [-0.39, 0.29) is 5.92 Å². The summed E-state index contributed by atoms with van der Waals surface area (Å²) in [5.41, 5.74) is 0. The lowest BCUT2D eigenvalue weighted by molar-refractivity contribution is -0.110. The van der Waals surface area contributed by atoms with Crippen LogP contribution in [-0.4, -0.2) is 10.6 Å². The molecule has 0 saturated heterocycles. The first-order valence-corrected chi connectivity index (χ1v) is 3.73. The fourth-order valence-electron chi connectivity index (χ4n) is 1.10. The van der Waals surface area contributed by atoms with Crippen molar-refractivity contribution < 1.29 is 4.79 Å². The Bertz CT molecular complexity index is 122. The standard InChI is InChI=1S/C6H8Cl2O/c7-6(8)2-1-5(3-6)4-9/h4-5H,1-3H2. The lowest BCUT2D eigenvalue weighted by atomic mass is 10.1. The molecule has 1 atom stereocenters. The second-order valence-corrected chi connectivity index (χ2v) is 4.14. The maximum atomic E-state index is 10.2. The smallest absolute Gasteiger partial charge is 0.123 e. The summed E-state index contributed by atoms with van der Waals surface area (Å²) in [6.07, 6.45) is 3.15. The van der Waals surface area contributed by atoms with Gasteiger partial charge in [-0.25, -0.2) is 0 Å². The molecule has 1 unspecified atom stereocenters. The van der Waals surface area contributed by atoms with Crippen molar-refractivity contribution >= 4 is 29.5 Å². The molecule has 0 spiro atoms. The maximum Gasteiger partial charge on any atom is 0.123 e. The Morgan fingerprint density at radius 3 is 2.44 bits per heavy atom. The Labute approximate surface area is 64.3 Å². The van der Waals surface area contributed by atoms with Gasteiger partial charge in [0.1, 0.15) is 10.6 Å². The van der Waals surface area contributed by atoms with E-state index in [9.17, 15) is 4.79 Å². The molecule has 0 aromatic carbocycles. The van der Waals surface area contributed by atoms with Crippen molar-refractivity contribution in [3.05, 3.63) is 0 Å². The first-order valence-electron chi connectivity index (χ1n) is 2.97. The summed E-state index contributed by atoms with van der Waals surface area (Å²) in [6, 6.07) is 0. The summed E-state index contributed by atoms with van der Waals surface area (Å²) in [5, 5.41) is 0. The molecule has 0 amide bonds. The van der Waals surface area contributed by atoms with Crippen LogP contribution in [0.4, 0.5) is 0 Å². The van der Waals surface area contributed by atoms with Crippen molar-refractivity contribution in [1.82, 2.24) is 0 Å². The van der Waals surface area contributed by atoms with Crippen molar-refractivity contribution in [1.29, 1.82) is 0 Å². The summed E-state index contributed by atoms with van der Waals surface area (Å²) in [6.45, 7) is 0. The zero-order valence-corrected chi connectivity index (χ0v) is 6.45. The summed E-state index contributed by atoms with van der Waals surface area (Å²) in [4.78, 5) is 10.2. The quantitative estimate of drug-likeness (QED) is 0.432. The summed E-state index contributed by atoms with van der Waals surface area (Å²) in [5.74, 6) is 0.0972. The van der Waals surface area contributed by atoms with E-state index in [1.807, 2.05) is 0 Å². The highest BCUT2D eigenvalue weighted by Crippen LogP contribution is 2.41. The SMILES string of the molecule is O=CC1CCC(Cl)(Cl)C1. The van der Waals surface area contributed by atoms with Crippen LogP contribution in [0.5, 0.6) is 0 Å². The molecule has 1 rings (SSSR count). The molecule has 0 aromatic heterocycles. The molecule has 0 aromatic rings. The highest BCUT2D eigenvalue weighted by molar-refractivity contribution is 6.48. The Morgan fingerprint density at radius 2 is 2.22 bits per heavy atom. The van der Waals surface area contributed by atoms with Gasteiger partial charge in [-0.3, -0.25) is 0 Å². The first-order chi connectivity index (χ1) is 4.14. The largest absolute Gasteiger partial charge is 0.303 e. The van der Waals surface area contributed by atoms with Crippen molar-refractivity contribution in [3.8, 4) is 0 Å². The molecule has 1 aliphatic rings. The van der Waals surface area contributed by atoms with Gasteiger partial charge in [0, 0.05) is 5.92 Å². The Balaban J connectivity index is 2.47. The summed E-state index contributed by atoms with van der Waals surface area (Å²) in [7, 11) is 0. The first kappa shape index (κ1) is 7.36. The molecule has 52 valence electrons. The van der Waals surface area contributed by atoms with Crippen molar-refractivity contribution in [2.24, 2.45) is 5.92 Å². The second-order valence-electron chi connectivity index (χ2n) is 2.49. The number of carbonyl (C=O) groups is 1. The molecule has 0 heterocycles. The monoisotopic (exact) mass is 166 g/mol. The van der Waals surface area contributed by atoms with Gasteiger partial charge in [-0.1, -0.05) is 0 Å². The minimum atomic E-state index is -0.619. The van der Waals surface area contributed by atoms with Crippen molar-refractivity contribution in [3.63, 3.8) is 0 Å². The van der Waals surface area contributed by atoms with Crippen LogP contribution in [-0.2, 0) is 4.79 Å². The fourth-order valence-corrected chi connectivity index (χ4v) is 1.72.